The average molecular weight is 682 g/mol. The number of carbonyl (C=O) groups excluding carboxylic acids is 1. The molecular weight excluding hydrogens is 639 g/mol. The van der Waals surface area contributed by atoms with Gasteiger partial charge >= 0.3 is 0 Å². The number of sulfonamides is 1. The third kappa shape index (κ3) is 9.78. The third-order valence-corrected chi connectivity index (χ3v) is 10.2. The van der Waals surface area contributed by atoms with E-state index in [1.165, 1.54) is 12.1 Å². The van der Waals surface area contributed by atoms with E-state index in [2.05, 4.69) is 25.8 Å². The molecule has 12 nitrogen and oxygen atoms in total. The lowest BCUT2D eigenvalue weighted by atomic mass is 9.99. The Bertz CT molecular complexity index is 1590. The van der Waals surface area contributed by atoms with Gasteiger partial charge in [0.25, 0.3) is 5.69 Å². The number of benzene rings is 3. The van der Waals surface area contributed by atoms with E-state index in [9.17, 15) is 23.3 Å². The fraction of sp³-hybridized carbons (Fsp3) is 0.394. The van der Waals surface area contributed by atoms with Crippen molar-refractivity contribution < 1.29 is 18.1 Å². The van der Waals surface area contributed by atoms with Crippen LogP contribution in [-0.2, 0) is 21.4 Å². The highest BCUT2D eigenvalue weighted by atomic mass is 32.2. The Balaban J connectivity index is 1.42. The zero-order valence-electron chi connectivity index (χ0n) is 27.0. The van der Waals surface area contributed by atoms with Crippen LogP contribution in [0.2, 0.25) is 0 Å². The Kier molecular flexibility index (Phi) is 12.8. The molecule has 0 aromatic heterocycles. The quantitative estimate of drug-likeness (QED) is 0.125. The summed E-state index contributed by atoms with van der Waals surface area (Å²) in [4.78, 5) is 28.5. The molecule has 0 unspecified atom stereocenters. The molecule has 0 bridgehead atoms. The number of thiocarbonyl (C=S) groups is 1. The number of nitro benzene ring substituents is 1. The lowest BCUT2D eigenvalue weighted by molar-refractivity contribution is -0.385. The summed E-state index contributed by atoms with van der Waals surface area (Å²) in [6.07, 6.45) is 0.893. The first kappa shape index (κ1) is 35.9. The minimum absolute atomic E-state index is 0.00346. The molecule has 0 aliphatic carbocycles. The molecule has 14 heteroatoms. The zero-order valence-corrected chi connectivity index (χ0v) is 28.6. The fourth-order valence-corrected chi connectivity index (χ4v) is 7.29. The largest absolute Gasteiger partial charge is 0.358 e. The van der Waals surface area contributed by atoms with Gasteiger partial charge in [-0.05, 0) is 69.5 Å². The van der Waals surface area contributed by atoms with Crippen molar-refractivity contribution in [1.82, 2.24) is 30.1 Å². The molecule has 1 fully saturated rings. The molecule has 47 heavy (non-hydrogen) atoms. The van der Waals surface area contributed by atoms with Crippen molar-refractivity contribution in [2.24, 2.45) is 0 Å². The minimum atomic E-state index is -4.18. The second-order valence-electron chi connectivity index (χ2n) is 11.8. The topological polar surface area (TPSA) is 140 Å². The lowest BCUT2D eigenvalue weighted by Crippen LogP contribution is -2.47. The second kappa shape index (κ2) is 16.7. The molecule has 4 rings (SSSR count). The Morgan fingerprint density at radius 2 is 1.62 bits per heavy atom. The van der Waals surface area contributed by atoms with Crippen LogP contribution in [0.25, 0.3) is 0 Å². The number of likely N-dealkylation sites (N-methyl/N-ethyl adjacent to an activating group) is 2. The van der Waals surface area contributed by atoms with Gasteiger partial charge in [-0.25, -0.2) is 8.42 Å². The molecule has 252 valence electrons. The second-order valence-corrected chi connectivity index (χ2v) is 14.1. The molecule has 1 atom stereocenters. The molecular formula is C33H43N7O5S2. The number of carbonyl (C=O) groups is 1. The number of nitrogens with one attached hydrogen (secondary N) is 3. The first-order chi connectivity index (χ1) is 22.5. The van der Waals surface area contributed by atoms with Crippen LogP contribution in [0.5, 0.6) is 0 Å². The molecule has 3 N–H and O–H groups in total. The molecule has 3 aromatic carbocycles. The summed E-state index contributed by atoms with van der Waals surface area (Å²) in [6.45, 7) is 2.88. The maximum absolute atomic E-state index is 13.7. The zero-order chi connectivity index (χ0) is 34.0. The summed E-state index contributed by atoms with van der Waals surface area (Å²) >= 11 is 5.56. The van der Waals surface area contributed by atoms with Crippen molar-refractivity contribution in [2.45, 2.75) is 36.4 Å². The van der Waals surface area contributed by atoms with Gasteiger partial charge in [0.15, 0.2) is 5.11 Å². The van der Waals surface area contributed by atoms with Gasteiger partial charge in [0, 0.05) is 50.9 Å². The van der Waals surface area contributed by atoms with Crippen molar-refractivity contribution in [3.05, 3.63) is 106 Å². The summed E-state index contributed by atoms with van der Waals surface area (Å²) in [5, 5.41) is 21.6. The number of hydrogen-bond donors (Lipinski definition) is 3. The van der Waals surface area contributed by atoms with Crippen LogP contribution in [-0.4, -0.2) is 98.4 Å². The fourth-order valence-electron chi connectivity index (χ4n) is 5.43. The van der Waals surface area contributed by atoms with E-state index < -0.39 is 21.0 Å². The minimum Gasteiger partial charge on any atom is -0.358 e. The number of nitro groups is 1. The Morgan fingerprint density at radius 3 is 2.21 bits per heavy atom. The van der Waals surface area contributed by atoms with E-state index in [4.69, 9.17) is 12.2 Å². The van der Waals surface area contributed by atoms with Gasteiger partial charge in [-0.2, -0.15) is 4.31 Å². The van der Waals surface area contributed by atoms with E-state index in [1.807, 2.05) is 81.8 Å². The summed E-state index contributed by atoms with van der Waals surface area (Å²) < 4.78 is 28.5. The predicted octanol–water partition coefficient (Wildman–Crippen LogP) is 3.11. The highest BCUT2D eigenvalue weighted by molar-refractivity contribution is 7.89. The van der Waals surface area contributed by atoms with Crippen LogP contribution in [0.1, 0.15) is 35.6 Å². The molecule has 1 aliphatic rings. The van der Waals surface area contributed by atoms with Gasteiger partial charge < -0.3 is 25.8 Å². The maximum atomic E-state index is 13.7. The molecule has 0 radical (unpaired) electrons. The summed E-state index contributed by atoms with van der Waals surface area (Å²) in [6, 6.07) is 22.2. The van der Waals surface area contributed by atoms with Gasteiger partial charge in [-0.1, -0.05) is 60.7 Å². The molecule has 0 saturated carbocycles. The first-order valence-electron chi connectivity index (χ1n) is 15.5. The first-order valence-corrected chi connectivity index (χ1v) is 17.4. The van der Waals surface area contributed by atoms with Crippen LogP contribution in [0.15, 0.2) is 83.8 Å². The number of nitrogens with zero attached hydrogens (tertiary/aromatic N) is 4. The highest BCUT2D eigenvalue weighted by Gasteiger charge is 2.40. The van der Waals surface area contributed by atoms with Gasteiger partial charge in [-0.3, -0.25) is 14.9 Å². The smallest absolute Gasteiger partial charge is 0.275 e. The van der Waals surface area contributed by atoms with Crippen molar-refractivity contribution >= 4 is 38.9 Å². The summed E-state index contributed by atoms with van der Waals surface area (Å²) in [7, 11) is 1.77. The molecule has 1 amide bonds. The molecule has 1 aliphatic heterocycles. The van der Waals surface area contributed by atoms with Crippen LogP contribution in [0, 0.1) is 10.1 Å². The normalized spacial score (nSPS) is 15.2. The Hall–Kier alpha value is -3.95. The van der Waals surface area contributed by atoms with Crippen molar-refractivity contribution in [2.75, 3.05) is 53.9 Å². The van der Waals surface area contributed by atoms with Gasteiger partial charge in [0.1, 0.15) is 6.04 Å². The summed E-state index contributed by atoms with van der Waals surface area (Å²) in [5.74, 6) is -0.368. The van der Waals surface area contributed by atoms with E-state index >= 15 is 0 Å². The standard InChI is InChI=1S/C33H43N7O5S2/c1-37(2)21-22-38(3)20-18-34-32(41)29-15-10-19-39(29)47(44,45)28-17-16-27(30(23-28)40(42)43)24-35-33(46)36-31(25-11-6-4-7-12-25)26-13-8-5-9-14-26/h4-9,11-14,16-17,23,29,31H,10,15,18-22,24H2,1-3H3,(H,34,41)(H2,35,36,46)/t29-/m0/s1. The number of amides is 1. The molecule has 1 saturated heterocycles. The molecule has 0 spiro atoms. The maximum Gasteiger partial charge on any atom is 0.275 e. The number of rotatable bonds is 15. The van der Waals surface area contributed by atoms with Crippen LogP contribution in [0.3, 0.4) is 0 Å². The highest BCUT2D eigenvalue weighted by Crippen LogP contribution is 2.30. The van der Waals surface area contributed by atoms with E-state index in [1.54, 1.807) is 0 Å². The van der Waals surface area contributed by atoms with Crippen LogP contribution in [0.4, 0.5) is 5.69 Å². The van der Waals surface area contributed by atoms with Crippen molar-refractivity contribution in [3.8, 4) is 0 Å². The molecule has 1 heterocycles. The van der Waals surface area contributed by atoms with E-state index in [0.29, 0.717) is 25.9 Å². The van der Waals surface area contributed by atoms with E-state index in [0.717, 1.165) is 34.6 Å². The van der Waals surface area contributed by atoms with Crippen LogP contribution < -0.4 is 16.0 Å². The Labute approximate surface area is 282 Å². The predicted molar refractivity (Wildman–Crippen MR) is 186 cm³/mol. The average Bonchev–Trinajstić information content (AvgIpc) is 3.57. The SMILES string of the molecule is CN(C)CCN(C)CCNC(=O)[C@@H]1CCCN1S(=O)(=O)c1ccc(CNC(=S)NC(c2ccccc2)c2ccccc2)c([N+](=O)[O-])c1. The lowest BCUT2D eigenvalue weighted by Gasteiger charge is -2.24. The number of hydrogen-bond acceptors (Lipinski definition) is 8. The van der Waals surface area contributed by atoms with Gasteiger partial charge in [0.2, 0.25) is 15.9 Å². The van der Waals surface area contributed by atoms with Gasteiger partial charge in [0.05, 0.1) is 15.9 Å². The van der Waals surface area contributed by atoms with Crippen molar-refractivity contribution in [3.63, 3.8) is 0 Å². The Morgan fingerprint density at radius 1 is 0.979 bits per heavy atom. The van der Waals surface area contributed by atoms with Crippen molar-refractivity contribution in [1.29, 1.82) is 0 Å². The monoisotopic (exact) mass is 681 g/mol. The molecule has 3 aromatic rings. The summed E-state index contributed by atoms with van der Waals surface area (Å²) in [5.41, 5.74) is 1.89. The van der Waals surface area contributed by atoms with Crippen LogP contribution >= 0.6 is 12.2 Å². The third-order valence-electron chi connectivity index (χ3n) is 8.07. The van der Waals surface area contributed by atoms with E-state index in [-0.39, 0.29) is 46.3 Å². The van der Waals surface area contributed by atoms with Gasteiger partial charge in [-0.15, -0.1) is 0 Å².